The molecule has 1 aromatic rings. The Labute approximate surface area is 108 Å². The van der Waals surface area contributed by atoms with Crippen LogP contribution in [0.3, 0.4) is 0 Å². The van der Waals surface area contributed by atoms with Crippen molar-refractivity contribution < 1.29 is 14.6 Å². The van der Waals surface area contributed by atoms with E-state index in [-0.39, 0.29) is 11.3 Å². The third-order valence-electron chi connectivity index (χ3n) is 3.43. The Kier molecular flexibility index (Phi) is 3.78. The summed E-state index contributed by atoms with van der Waals surface area (Å²) in [5.74, 6) is 0.709. The number of hydrogen-bond donors (Lipinski definition) is 1. The second kappa shape index (κ2) is 5.16. The zero-order chi connectivity index (χ0) is 13.2. The minimum atomic E-state index is 0.0450. The van der Waals surface area contributed by atoms with Gasteiger partial charge in [-0.3, -0.25) is 4.90 Å². The molecule has 0 aliphatic carbocycles. The van der Waals surface area contributed by atoms with Gasteiger partial charge < -0.3 is 14.6 Å². The summed E-state index contributed by atoms with van der Waals surface area (Å²) in [7, 11) is 1.57. The van der Waals surface area contributed by atoms with Gasteiger partial charge in [0.1, 0.15) is 0 Å². The maximum Gasteiger partial charge on any atom is 0.160 e. The lowest BCUT2D eigenvalue weighted by atomic mass is 10.0. The highest BCUT2D eigenvalue weighted by atomic mass is 16.5. The number of methoxy groups -OCH3 is 1. The lowest BCUT2D eigenvalue weighted by Gasteiger charge is -2.42. The monoisotopic (exact) mass is 251 g/mol. The van der Waals surface area contributed by atoms with Crippen molar-refractivity contribution in [3.8, 4) is 11.5 Å². The molecule has 0 atom stereocenters. The molecule has 1 saturated heterocycles. The Morgan fingerprint density at radius 1 is 1.44 bits per heavy atom. The normalized spacial score (nSPS) is 19.7. The summed E-state index contributed by atoms with van der Waals surface area (Å²) in [4.78, 5) is 2.39. The molecule has 100 valence electrons. The highest BCUT2D eigenvalue weighted by Crippen LogP contribution is 2.28. The molecule has 0 amide bonds. The second-order valence-corrected chi connectivity index (χ2v) is 5.29. The van der Waals surface area contributed by atoms with Gasteiger partial charge in [-0.25, -0.2) is 0 Å². The first kappa shape index (κ1) is 13.2. The van der Waals surface area contributed by atoms with E-state index in [9.17, 15) is 5.11 Å². The van der Waals surface area contributed by atoms with Gasteiger partial charge in [0.2, 0.25) is 0 Å². The predicted octanol–water partition coefficient (Wildman–Crippen LogP) is 2.01. The van der Waals surface area contributed by atoms with Gasteiger partial charge >= 0.3 is 0 Å². The van der Waals surface area contributed by atoms with Crippen LogP contribution in [0.2, 0.25) is 0 Å². The van der Waals surface area contributed by atoms with E-state index in [1.54, 1.807) is 13.2 Å². The molecule has 0 radical (unpaired) electrons. The van der Waals surface area contributed by atoms with Crippen LogP contribution in [-0.4, -0.2) is 42.4 Å². The Bertz CT molecular complexity index is 418. The van der Waals surface area contributed by atoms with E-state index in [4.69, 9.17) is 9.47 Å². The number of benzene rings is 1. The van der Waals surface area contributed by atoms with Crippen LogP contribution in [0.15, 0.2) is 18.2 Å². The van der Waals surface area contributed by atoms with Crippen LogP contribution >= 0.6 is 0 Å². The first-order chi connectivity index (χ1) is 8.53. The van der Waals surface area contributed by atoms with Gasteiger partial charge in [-0.1, -0.05) is 6.07 Å². The molecule has 0 unspecified atom stereocenters. The largest absolute Gasteiger partial charge is 0.504 e. The smallest absolute Gasteiger partial charge is 0.160 e. The van der Waals surface area contributed by atoms with Gasteiger partial charge in [0.05, 0.1) is 20.3 Å². The van der Waals surface area contributed by atoms with Crippen LogP contribution in [0.1, 0.15) is 19.4 Å². The van der Waals surface area contributed by atoms with Gasteiger partial charge in [-0.05, 0) is 31.5 Å². The van der Waals surface area contributed by atoms with Gasteiger partial charge in [0.25, 0.3) is 0 Å². The molecular weight excluding hydrogens is 230 g/mol. The van der Waals surface area contributed by atoms with E-state index in [1.165, 1.54) is 0 Å². The molecule has 0 aromatic heterocycles. The number of hydrogen-bond acceptors (Lipinski definition) is 4. The highest BCUT2D eigenvalue weighted by Gasteiger charge is 2.30. The summed E-state index contributed by atoms with van der Waals surface area (Å²) in [6, 6.07) is 5.51. The molecule has 1 aliphatic heterocycles. The van der Waals surface area contributed by atoms with Gasteiger partial charge in [-0.2, -0.15) is 0 Å². The van der Waals surface area contributed by atoms with E-state index in [2.05, 4.69) is 18.7 Å². The number of morpholine rings is 1. The highest BCUT2D eigenvalue weighted by molar-refractivity contribution is 5.41. The van der Waals surface area contributed by atoms with Crippen molar-refractivity contribution in [2.24, 2.45) is 0 Å². The van der Waals surface area contributed by atoms with E-state index < -0.39 is 0 Å². The Morgan fingerprint density at radius 3 is 2.89 bits per heavy atom. The van der Waals surface area contributed by atoms with E-state index in [0.29, 0.717) is 5.75 Å². The first-order valence-corrected chi connectivity index (χ1v) is 6.21. The molecule has 1 aliphatic rings. The van der Waals surface area contributed by atoms with E-state index >= 15 is 0 Å². The van der Waals surface area contributed by atoms with Crippen molar-refractivity contribution in [2.45, 2.75) is 25.9 Å². The molecule has 18 heavy (non-hydrogen) atoms. The van der Waals surface area contributed by atoms with Crippen LogP contribution < -0.4 is 4.74 Å². The lowest BCUT2D eigenvalue weighted by Crippen LogP contribution is -2.52. The first-order valence-electron chi connectivity index (χ1n) is 6.21. The average molecular weight is 251 g/mol. The number of nitrogens with zero attached hydrogens (tertiary/aromatic N) is 1. The minimum absolute atomic E-state index is 0.0450. The van der Waals surface area contributed by atoms with Crippen molar-refractivity contribution >= 4 is 0 Å². The fraction of sp³-hybridized carbons (Fsp3) is 0.571. The summed E-state index contributed by atoms with van der Waals surface area (Å²) in [5.41, 5.74) is 1.18. The molecule has 4 heteroatoms. The van der Waals surface area contributed by atoms with Crippen molar-refractivity contribution in [1.29, 1.82) is 0 Å². The molecule has 0 saturated carbocycles. The zero-order valence-electron chi connectivity index (χ0n) is 11.3. The molecular formula is C14H21NO3. The lowest BCUT2D eigenvalue weighted by molar-refractivity contribution is -0.0553. The van der Waals surface area contributed by atoms with Crippen LogP contribution in [0, 0.1) is 0 Å². The number of phenolic OH excluding ortho intramolecular Hbond substituents is 1. The summed E-state index contributed by atoms with van der Waals surface area (Å²) in [6.07, 6.45) is 0. The summed E-state index contributed by atoms with van der Waals surface area (Å²) < 4.78 is 10.6. The maximum absolute atomic E-state index is 9.58. The summed E-state index contributed by atoms with van der Waals surface area (Å²) in [6.45, 7) is 7.66. The van der Waals surface area contributed by atoms with Gasteiger partial charge in [0.15, 0.2) is 11.5 Å². The predicted molar refractivity (Wildman–Crippen MR) is 70.0 cm³/mol. The van der Waals surface area contributed by atoms with Crippen LogP contribution in [0.4, 0.5) is 0 Å². The van der Waals surface area contributed by atoms with Crippen LogP contribution in [-0.2, 0) is 11.3 Å². The third kappa shape index (κ3) is 2.76. The summed E-state index contributed by atoms with van der Waals surface area (Å²) in [5, 5.41) is 9.58. The molecule has 4 nitrogen and oxygen atoms in total. The quantitative estimate of drug-likeness (QED) is 0.892. The number of rotatable bonds is 3. The SMILES string of the molecule is COc1cc(CN2CCOCC2(C)C)ccc1O. The molecule has 1 fully saturated rings. The molecule has 1 heterocycles. The standard InChI is InChI=1S/C14H21NO3/c1-14(2)10-18-7-6-15(14)9-11-4-5-12(16)13(8-11)17-3/h4-5,8,16H,6-7,9-10H2,1-3H3. The fourth-order valence-corrected chi connectivity index (χ4v) is 2.22. The van der Waals surface area contributed by atoms with Crippen molar-refractivity contribution in [3.63, 3.8) is 0 Å². The van der Waals surface area contributed by atoms with Crippen LogP contribution in [0.5, 0.6) is 11.5 Å². The second-order valence-electron chi connectivity index (χ2n) is 5.29. The maximum atomic E-state index is 9.58. The fourth-order valence-electron chi connectivity index (χ4n) is 2.22. The molecule has 1 N–H and O–H groups in total. The third-order valence-corrected chi connectivity index (χ3v) is 3.43. The van der Waals surface area contributed by atoms with Crippen molar-refractivity contribution in [3.05, 3.63) is 23.8 Å². The zero-order valence-corrected chi connectivity index (χ0v) is 11.3. The van der Waals surface area contributed by atoms with Gasteiger partial charge in [0, 0.05) is 18.6 Å². The average Bonchev–Trinajstić information content (AvgIpc) is 2.34. The minimum Gasteiger partial charge on any atom is -0.504 e. The molecule has 1 aromatic carbocycles. The summed E-state index contributed by atoms with van der Waals surface area (Å²) >= 11 is 0. The van der Waals surface area contributed by atoms with Crippen molar-refractivity contribution in [1.82, 2.24) is 4.90 Å². The Morgan fingerprint density at radius 2 is 2.22 bits per heavy atom. The van der Waals surface area contributed by atoms with Crippen LogP contribution in [0.25, 0.3) is 0 Å². The molecule has 2 rings (SSSR count). The molecule has 0 spiro atoms. The number of aromatic hydroxyl groups is 1. The van der Waals surface area contributed by atoms with E-state index in [0.717, 1.165) is 31.9 Å². The van der Waals surface area contributed by atoms with Gasteiger partial charge in [-0.15, -0.1) is 0 Å². The Hall–Kier alpha value is -1.26. The Balaban J connectivity index is 2.13. The topological polar surface area (TPSA) is 41.9 Å². The van der Waals surface area contributed by atoms with E-state index in [1.807, 2.05) is 12.1 Å². The van der Waals surface area contributed by atoms with Crippen molar-refractivity contribution in [2.75, 3.05) is 26.9 Å². The molecule has 0 bridgehead atoms. The number of phenols is 1. The number of ether oxygens (including phenoxy) is 2.